The second kappa shape index (κ2) is 8.78. The van der Waals surface area contributed by atoms with Gasteiger partial charge in [-0.3, -0.25) is 14.5 Å². The van der Waals surface area contributed by atoms with E-state index in [0.717, 1.165) is 19.6 Å². The van der Waals surface area contributed by atoms with Gasteiger partial charge in [0.2, 0.25) is 5.91 Å². The molecule has 0 bridgehead atoms. The molecule has 0 aliphatic carbocycles. The van der Waals surface area contributed by atoms with Crippen LogP contribution in [0.2, 0.25) is 0 Å². The Kier molecular flexibility index (Phi) is 6.38. The van der Waals surface area contributed by atoms with Gasteiger partial charge in [0.15, 0.2) is 0 Å². The van der Waals surface area contributed by atoms with E-state index < -0.39 is 5.41 Å². The molecule has 1 N–H and O–H groups in total. The lowest BCUT2D eigenvalue weighted by Crippen LogP contribution is -2.48. The summed E-state index contributed by atoms with van der Waals surface area (Å²) in [5.41, 5.74) is 3.45. The Morgan fingerprint density at radius 1 is 0.966 bits per heavy atom. The van der Waals surface area contributed by atoms with E-state index in [9.17, 15) is 9.59 Å². The first-order valence-corrected chi connectivity index (χ1v) is 10.2. The number of benzene rings is 2. The van der Waals surface area contributed by atoms with Gasteiger partial charge in [-0.05, 0) is 36.2 Å². The fourth-order valence-electron chi connectivity index (χ4n) is 3.37. The van der Waals surface area contributed by atoms with Crippen molar-refractivity contribution < 1.29 is 9.59 Å². The number of aryl methyl sites for hydroxylation is 1. The smallest absolute Gasteiger partial charge is 0.254 e. The van der Waals surface area contributed by atoms with Crippen molar-refractivity contribution in [2.75, 3.05) is 31.5 Å². The van der Waals surface area contributed by atoms with Crippen molar-refractivity contribution in [3.05, 3.63) is 65.2 Å². The average molecular weight is 394 g/mol. The summed E-state index contributed by atoms with van der Waals surface area (Å²) in [7, 11) is 0. The Bertz CT molecular complexity index is 878. The lowest BCUT2D eigenvalue weighted by molar-refractivity contribution is -0.123. The number of carbonyl (C=O) groups excluding carboxylic acids is 2. The van der Waals surface area contributed by atoms with Crippen LogP contribution in [0.1, 0.15) is 42.3 Å². The third-order valence-corrected chi connectivity index (χ3v) is 5.36. The Labute approximate surface area is 173 Å². The van der Waals surface area contributed by atoms with Crippen molar-refractivity contribution in [2.24, 2.45) is 5.41 Å². The molecule has 154 valence electrons. The SMILES string of the molecule is Cc1ccccc1CN1CCN(C(=O)c2cccc(NC(=O)C(C)(C)C)c2)CC1. The molecule has 0 radical (unpaired) electrons. The summed E-state index contributed by atoms with van der Waals surface area (Å²) in [6, 6.07) is 15.7. The maximum absolute atomic E-state index is 12.9. The zero-order valence-electron chi connectivity index (χ0n) is 17.9. The average Bonchev–Trinajstić information content (AvgIpc) is 2.69. The summed E-state index contributed by atoms with van der Waals surface area (Å²) in [4.78, 5) is 29.5. The van der Waals surface area contributed by atoms with E-state index in [-0.39, 0.29) is 11.8 Å². The number of anilines is 1. The number of nitrogens with one attached hydrogen (secondary N) is 1. The van der Waals surface area contributed by atoms with Gasteiger partial charge in [-0.1, -0.05) is 51.1 Å². The van der Waals surface area contributed by atoms with E-state index >= 15 is 0 Å². The maximum atomic E-state index is 12.9. The number of carbonyl (C=O) groups is 2. The largest absolute Gasteiger partial charge is 0.336 e. The van der Waals surface area contributed by atoms with Crippen molar-refractivity contribution in [1.29, 1.82) is 0 Å². The summed E-state index contributed by atoms with van der Waals surface area (Å²) < 4.78 is 0. The standard InChI is InChI=1S/C24H31N3O2/c1-18-8-5-6-9-20(18)17-26-12-14-27(15-13-26)22(28)19-10-7-11-21(16-19)25-23(29)24(2,3)4/h5-11,16H,12-15,17H2,1-4H3,(H,25,29). The summed E-state index contributed by atoms with van der Waals surface area (Å²) >= 11 is 0. The highest BCUT2D eigenvalue weighted by atomic mass is 16.2. The molecule has 1 heterocycles. The van der Waals surface area contributed by atoms with E-state index in [1.165, 1.54) is 11.1 Å². The van der Waals surface area contributed by atoms with Crippen LogP contribution in [0.4, 0.5) is 5.69 Å². The van der Waals surface area contributed by atoms with Crippen LogP contribution in [0.25, 0.3) is 0 Å². The fraction of sp³-hybridized carbons (Fsp3) is 0.417. The van der Waals surface area contributed by atoms with Crippen molar-refractivity contribution >= 4 is 17.5 Å². The molecular weight excluding hydrogens is 362 g/mol. The van der Waals surface area contributed by atoms with Crippen molar-refractivity contribution in [3.63, 3.8) is 0 Å². The Morgan fingerprint density at radius 3 is 2.31 bits per heavy atom. The number of rotatable bonds is 4. The highest BCUT2D eigenvalue weighted by molar-refractivity contribution is 5.98. The van der Waals surface area contributed by atoms with Gasteiger partial charge in [0.1, 0.15) is 0 Å². The lowest BCUT2D eigenvalue weighted by Gasteiger charge is -2.35. The molecule has 1 aliphatic rings. The summed E-state index contributed by atoms with van der Waals surface area (Å²) in [5.74, 6) is -0.0423. The molecule has 3 rings (SSSR count). The van der Waals surface area contributed by atoms with Gasteiger partial charge in [-0.2, -0.15) is 0 Å². The van der Waals surface area contributed by atoms with Gasteiger partial charge in [-0.25, -0.2) is 0 Å². The highest BCUT2D eigenvalue weighted by Crippen LogP contribution is 2.20. The number of amides is 2. The molecule has 0 aromatic heterocycles. The van der Waals surface area contributed by atoms with Crippen molar-refractivity contribution in [3.8, 4) is 0 Å². The highest BCUT2D eigenvalue weighted by Gasteiger charge is 2.24. The van der Waals surface area contributed by atoms with Crippen molar-refractivity contribution in [2.45, 2.75) is 34.2 Å². The van der Waals surface area contributed by atoms with Crippen molar-refractivity contribution in [1.82, 2.24) is 9.80 Å². The molecule has 0 spiro atoms. The Balaban J connectivity index is 1.59. The van der Waals surface area contributed by atoms with E-state index in [2.05, 4.69) is 41.4 Å². The van der Waals surface area contributed by atoms with E-state index in [0.29, 0.717) is 24.3 Å². The van der Waals surface area contributed by atoms with Crippen LogP contribution in [-0.2, 0) is 11.3 Å². The van der Waals surface area contributed by atoms with Gasteiger partial charge < -0.3 is 10.2 Å². The third kappa shape index (κ3) is 5.45. The van der Waals surface area contributed by atoms with Crippen LogP contribution in [0.5, 0.6) is 0 Å². The molecule has 0 atom stereocenters. The van der Waals surface area contributed by atoms with Crippen LogP contribution in [0.15, 0.2) is 48.5 Å². The summed E-state index contributed by atoms with van der Waals surface area (Å²) in [5, 5.41) is 2.90. The molecule has 5 nitrogen and oxygen atoms in total. The van der Waals surface area contributed by atoms with Crippen LogP contribution in [-0.4, -0.2) is 47.8 Å². The van der Waals surface area contributed by atoms with Crippen LogP contribution in [0, 0.1) is 12.3 Å². The van der Waals surface area contributed by atoms with E-state index in [1.54, 1.807) is 6.07 Å². The molecule has 5 heteroatoms. The molecule has 0 saturated carbocycles. The Hall–Kier alpha value is -2.66. The number of hydrogen-bond donors (Lipinski definition) is 1. The normalized spacial score (nSPS) is 15.2. The Morgan fingerprint density at radius 2 is 1.66 bits per heavy atom. The molecule has 2 aromatic rings. The second-order valence-corrected chi connectivity index (χ2v) is 8.78. The van der Waals surface area contributed by atoms with E-state index in [4.69, 9.17) is 0 Å². The number of hydrogen-bond acceptors (Lipinski definition) is 3. The zero-order valence-corrected chi connectivity index (χ0v) is 17.9. The van der Waals surface area contributed by atoms with Crippen LogP contribution in [0.3, 0.4) is 0 Å². The molecule has 2 aromatic carbocycles. The number of piperazine rings is 1. The minimum absolute atomic E-state index is 0.0207. The van der Waals surface area contributed by atoms with Gasteiger partial charge >= 0.3 is 0 Å². The third-order valence-electron chi connectivity index (χ3n) is 5.36. The molecule has 1 fully saturated rings. The molecule has 1 saturated heterocycles. The minimum Gasteiger partial charge on any atom is -0.336 e. The first-order chi connectivity index (χ1) is 13.7. The monoisotopic (exact) mass is 393 g/mol. The summed E-state index contributed by atoms with van der Waals surface area (Å²) in [6.45, 7) is 11.8. The molecular formula is C24H31N3O2. The van der Waals surface area contributed by atoms with Crippen LogP contribution >= 0.6 is 0 Å². The predicted octanol–water partition coefficient (Wildman–Crippen LogP) is 3.94. The molecule has 2 amide bonds. The fourth-order valence-corrected chi connectivity index (χ4v) is 3.37. The first-order valence-electron chi connectivity index (χ1n) is 10.2. The van der Waals surface area contributed by atoms with Gasteiger partial charge in [0.25, 0.3) is 5.91 Å². The topological polar surface area (TPSA) is 52.6 Å². The number of nitrogens with zero attached hydrogens (tertiary/aromatic N) is 2. The second-order valence-electron chi connectivity index (χ2n) is 8.78. The minimum atomic E-state index is -0.479. The zero-order chi connectivity index (χ0) is 21.0. The van der Waals surface area contributed by atoms with Gasteiger partial charge in [-0.15, -0.1) is 0 Å². The quantitative estimate of drug-likeness (QED) is 0.856. The maximum Gasteiger partial charge on any atom is 0.254 e. The molecule has 0 unspecified atom stereocenters. The molecule has 29 heavy (non-hydrogen) atoms. The van der Waals surface area contributed by atoms with Crippen LogP contribution < -0.4 is 5.32 Å². The predicted molar refractivity (Wildman–Crippen MR) is 117 cm³/mol. The van der Waals surface area contributed by atoms with Gasteiger partial charge in [0.05, 0.1) is 0 Å². The first kappa shape index (κ1) is 21.1. The van der Waals surface area contributed by atoms with E-state index in [1.807, 2.05) is 43.9 Å². The summed E-state index contributed by atoms with van der Waals surface area (Å²) in [6.07, 6.45) is 0. The lowest BCUT2D eigenvalue weighted by atomic mass is 9.95. The molecule has 1 aliphatic heterocycles. The van der Waals surface area contributed by atoms with Gasteiger partial charge in [0, 0.05) is 49.4 Å².